The van der Waals surface area contributed by atoms with Gasteiger partial charge in [-0.15, -0.1) is 0 Å². The van der Waals surface area contributed by atoms with Gasteiger partial charge in [-0.2, -0.15) is 33.7 Å². The fourth-order valence-corrected chi connectivity index (χ4v) is 1.58. The first-order valence-electron chi connectivity index (χ1n) is 3.53. The van der Waals surface area contributed by atoms with E-state index in [0.717, 1.165) is 0 Å². The predicted molar refractivity (Wildman–Crippen MR) is 49.6 cm³/mol. The zero-order valence-corrected chi connectivity index (χ0v) is 12.3. The molecule has 0 spiro atoms. The molecule has 0 rings (SSSR count). The highest BCUT2D eigenvalue weighted by Crippen LogP contribution is 2.04. The molecule has 0 unspecified atom stereocenters. The summed E-state index contributed by atoms with van der Waals surface area (Å²) in [5, 5.41) is 6.03. The van der Waals surface area contributed by atoms with E-state index < -0.39 is 41.6 Å². The molecule has 0 heterocycles. The maximum atomic E-state index is 10.5. The minimum atomic E-state index is -5.46. The van der Waals surface area contributed by atoms with Crippen LogP contribution in [0, 0.1) is 0 Å². The quantitative estimate of drug-likeness (QED) is 0.145. The van der Waals surface area contributed by atoms with Crippen molar-refractivity contribution >= 4 is 41.6 Å². The first-order valence-corrected chi connectivity index (χ1v) is 8.93. The molecule has 0 bridgehead atoms. The van der Waals surface area contributed by atoms with Crippen molar-refractivity contribution in [3.05, 3.63) is 0 Å². The van der Waals surface area contributed by atoms with E-state index in [4.69, 9.17) is 9.11 Å². The van der Waals surface area contributed by atoms with E-state index in [2.05, 4.69) is 36.1 Å². The standard InChI is InChI=1S/H2O18S4/c1-19(2,3)15-17-21(7,8)13-11-12-14-22(9,10)18-16-20(4,5)6/h(H,1,2,3)(H,4,5,6). The van der Waals surface area contributed by atoms with Crippen LogP contribution in [0.15, 0.2) is 0 Å². The normalized spacial score (nSPS) is 14.1. The SMILES string of the molecule is O=S(=O)(O)OOS(=O)(=O)OOOOS(=O)(=O)OOS(=O)(=O)O. The average Bonchev–Trinajstić information content (AvgIpc) is 2.29. The van der Waals surface area contributed by atoms with Gasteiger partial charge in [-0.3, -0.25) is 9.11 Å². The lowest BCUT2D eigenvalue weighted by atomic mass is 14.4. The van der Waals surface area contributed by atoms with Crippen LogP contribution in [0.2, 0.25) is 0 Å². The Morgan fingerprint density at radius 2 is 0.727 bits per heavy atom. The first kappa shape index (κ1) is 21.4. The molecule has 0 radical (unpaired) electrons. The largest absolute Gasteiger partial charge is 0.456 e. The van der Waals surface area contributed by atoms with Gasteiger partial charge in [0.1, 0.15) is 0 Å². The van der Waals surface area contributed by atoms with Gasteiger partial charge in [0, 0.05) is 0 Å². The van der Waals surface area contributed by atoms with E-state index in [-0.39, 0.29) is 0 Å². The van der Waals surface area contributed by atoms with E-state index in [1.807, 2.05) is 0 Å². The molecular formula is H2O18S4. The maximum absolute atomic E-state index is 10.5. The van der Waals surface area contributed by atoms with Crippen molar-refractivity contribution in [1.82, 2.24) is 0 Å². The molecule has 0 saturated carbocycles. The zero-order valence-electron chi connectivity index (χ0n) is 9.06. The highest BCUT2D eigenvalue weighted by molar-refractivity contribution is 7.84. The molecule has 18 nitrogen and oxygen atoms in total. The van der Waals surface area contributed by atoms with Crippen molar-refractivity contribution in [2.75, 3.05) is 0 Å². The minimum absolute atomic E-state index is 2.85. The molecule has 0 fully saturated rings. The van der Waals surface area contributed by atoms with E-state index in [0.29, 0.717) is 0 Å². The van der Waals surface area contributed by atoms with Crippen LogP contribution in [0.4, 0.5) is 0 Å². The predicted octanol–water partition coefficient (Wildman–Crippen LogP) is -3.21. The molecule has 0 aliphatic carbocycles. The molecule has 0 aliphatic rings. The number of hydrogen-bond donors (Lipinski definition) is 2. The van der Waals surface area contributed by atoms with Gasteiger partial charge in [0.25, 0.3) is 0 Å². The van der Waals surface area contributed by atoms with Gasteiger partial charge in [0.05, 0.1) is 0 Å². The summed E-state index contributed by atoms with van der Waals surface area (Å²) in [5.41, 5.74) is 0. The van der Waals surface area contributed by atoms with Crippen LogP contribution in [-0.4, -0.2) is 42.8 Å². The van der Waals surface area contributed by atoms with Crippen molar-refractivity contribution < 1.29 is 78.9 Å². The minimum Gasteiger partial charge on any atom is -0.262 e. The lowest BCUT2D eigenvalue weighted by Gasteiger charge is -2.01. The Bertz CT molecular complexity index is 671. The van der Waals surface area contributed by atoms with Crippen LogP contribution < -0.4 is 0 Å². The molecule has 22 heavy (non-hydrogen) atoms. The third-order valence-electron chi connectivity index (χ3n) is 0.644. The Hall–Kier alpha value is -0.600. The van der Waals surface area contributed by atoms with E-state index >= 15 is 0 Å². The van der Waals surface area contributed by atoms with Gasteiger partial charge in [-0.1, -0.05) is 17.3 Å². The molecule has 134 valence electrons. The van der Waals surface area contributed by atoms with E-state index in [1.165, 1.54) is 0 Å². The highest BCUT2D eigenvalue weighted by Gasteiger charge is 2.24. The van der Waals surface area contributed by atoms with E-state index in [1.54, 1.807) is 0 Å². The maximum Gasteiger partial charge on any atom is 0.456 e. The summed E-state index contributed by atoms with van der Waals surface area (Å²) in [6, 6.07) is 0. The number of rotatable bonds is 11. The highest BCUT2D eigenvalue weighted by atomic mass is 32.3. The topological polar surface area (TPSA) is 251 Å². The van der Waals surface area contributed by atoms with Crippen LogP contribution in [-0.2, 0) is 77.7 Å². The second-order valence-electron chi connectivity index (χ2n) is 2.22. The average molecular weight is 418 g/mol. The molecule has 0 saturated heterocycles. The Morgan fingerprint density at radius 3 is 0.955 bits per heavy atom. The summed E-state index contributed by atoms with van der Waals surface area (Å²) < 4.78 is 115. The Balaban J connectivity index is 4.21. The summed E-state index contributed by atoms with van der Waals surface area (Å²) in [6.07, 6.45) is 0. The van der Waals surface area contributed by atoms with Crippen molar-refractivity contribution in [3.63, 3.8) is 0 Å². The second kappa shape index (κ2) is 7.79. The van der Waals surface area contributed by atoms with Crippen molar-refractivity contribution in [1.29, 1.82) is 0 Å². The van der Waals surface area contributed by atoms with Gasteiger partial charge in [-0.05, 0) is 18.7 Å². The lowest BCUT2D eigenvalue weighted by molar-refractivity contribution is -0.579. The van der Waals surface area contributed by atoms with Gasteiger partial charge in [-0.25, -0.2) is 0 Å². The molecule has 22 heteroatoms. The summed E-state index contributed by atoms with van der Waals surface area (Å²) in [6.45, 7) is 0. The molecule has 0 atom stereocenters. The Morgan fingerprint density at radius 1 is 0.455 bits per heavy atom. The molecule has 0 aromatic heterocycles. The summed E-state index contributed by atoms with van der Waals surface area (Å²) in [7, 11) is -21.6. The van der Waals surface area contributed by atoms with Gasteiger partial charge < -0.3 is 0 Å². The fraction of sp³-hybridized carbons (Fsp3) is 0. The molecule has 2 N–H and O–H groups in total. The smallest absolute Gasteiger partial charge is 0.262 e. The molecule has 0 aromatic carbocycles. The van der Waals surface area contributed by atoms with Crippen molar-refractivity contribution in [3.8, 4) is 0 Å². The second-order valence-corrected chi connectivity index (χ2v) is 6.38. The number of hydrogen-bond acceptors (Lipinski definition) is 16. The fourth-order valence-electron chi connectivity index (χ4n) is 0.252. The van der Waals surface area contributed by atoms with Crippen molar-refractivity contribution in [2.45, 2.75) is 0 Å². The van der Waals surface area contributed by atoms with Crippen LogP contribution in [0.3, 0.4) is 0 Å². The van der Waals surface area contributed by atoms with Crippen LogP contribution in [0.5, 0.6) is 0 Å². The zero-order chi connectivity index (χ0) is 17.7. The molecular weight excluding hydrogens is 416 g/mol. The van der Waals surface area contributed by atoms with Crippen LogP contribution in [0.25, 0.3) is 0 Å². The summed E-state index contributed by atoms with van der Waals surface area (Å²) in [4.78, 5) is 0. The van der Waals surface area contributed by atoms with Crippen LogP contribution in [0.1, 0.15) is 0 Å². The summed E-state index contributed by atoms with van der Waals surface area (Å²) >= 11 is 0. The first-order chi connectivity index (χ1) is 9.62. The molecule has 0 amide bonds. The van der Waals surface area contributed by atoms with Gasteiger partial charge in [0.15, 0.2) is 0 Å². The molecule has 0 aliphatic heterocycles. The Kier molecular flexibility index (Phi) is 7.57. The lowest BCUT2D eigenvalue weighted by Crippen LogP contribution is -2.17. The van der Waals surface area contributed by atoms with Crippen molar-refractivity contribution in [2.24, 2.45) is 0 Å². The molecule has 0 aromatic rings. The van der Waals surface area contributed by atoms with E-state index in [9.17, 15) is 33.7 Å². The third-order valence-corrected chi connectivity index (χ3v) is 2.21. The van der Waals surface area contributed by atoms with Gasteiger partial charge in [0.2, 0.25) is 0 Å². The van der Waals surface area contributed by atoms with Gasteiger partial charge >= 0.3 is 41.6 Å². The van der Waals surface area contributed by atoms with Crippen LogP contribution >= 0.6 is 0 Å². The Labute approximate surface area is 121 Å². The monoisotopic (exact) mass is 418 g/mol. The third kappa shape index (κ3) is 13.1. The summed E-state index contributed by atoms with van der Waals surface area (Å²) in [5.74, 6) is 0.